The first-order chi connectivity index (χ1) is 24.5. The fraction of sp³-hybridized carbons (Fsp3) is 0.900. The summed E-state index contributed by atoms with van der Waals surface area (Å²) >= 11 is 6.58. The molecule has 0 saturated carbocycles. The molecule has 0 bridgehead atoms. The van der Waals surface area contributed by atoms with Gasteiger partial charge in [0.15, 0.2) is 0 Å². The maximum atomic E-state index is 13.9. The average Bonchev–Trinajstić information content (AvgIpc) is 3.00. The van der Waals surface area contributed by atoms with E-state index >= 15 is 0 Å². The number of halogens is 34. The molecule has 2 N–H and O–H groups in total. The van der Waals surface area contributed by atoms with Crippen LogP contribution in [0.3, 0.4) is 0 Å². The molecule has 0 atom stereocenters. The Balaban J connectivity index is 6.46. The van der Waals surface area contributed by atoms with Crippen LogP contribution in [-0.2, 0) is 9.59 Å². The zero-order valence-electron chi connectivity index (χ0n) is 25.1. The van der Waals surface area contributed by atoms with Gasteiger partial charge < -0.3 is 10.6 Å². The first-order valence-electron chi connectivity index (χ1n) is 12.5. The molecule has 0 radical (unpaired) electrons. The predicted molar refractivity (Wildman–Crippen MR) is 117 cm³/mol. The highest BCUT2D eigenvalue weighted by atomic mass is 35.5. The van der Waals surface area contributed by atoms with Crippen molar-refractivity contribution in [2.45, 2.75) is 93.7 Å². The molecule has 0 aliphatic carbocycles. The van der Waals surface area contributed by atoms with E-state index in [2.05, 4.69) is 23.2 Å². The lowest BCUT2D eigenvalue weighted by molar-refractivity contribution is -0.446. The van der Waals surface area contributed by atoms with Gasteiger partial charge in [0.25, 0.3) is 11.8 Å². The molecule has 0 fully saturated rings. The summed E-state index contributed by atoms with van der Waals surface area (Å²) in [6.07, 6.45) is 0. The summed E-state index contributed by atoms with van der Waals surface area (Å²) in [7, 11) is 0. The summed E-state index contributed by atoms with van der Waals surface area (Å²) in [5.74, 6) is -130. The van der Waals surface area contributed by atoms with Gasteiger partial charge in [-0.15, -0.1) is 0 Å². The molecule has 0 aromatic heterocycles. The molecule has 0 aromatic rings. The molecule has 58 heavy (non-hydrogen) atoms. The van der Waals surface area contributed by atoms with Gasteiger partial charge in [-0.1, -0.05) is 0 Å². The summed E-state index contributed by atoms with van der Waals surface area (Å²) in [6, 6.07) is 0. The van der Waals surface area contributed by atoms with Crippen LogP contribution in [0.4, 0.5) is 140 Å². The lowest BCUT2D eigenvalue weighted by Gasteiger charge is -2.42. The molecule has 0 unspecified atom stereocenters. The summed E-state index contributed by atoms with van der Waals surface area (Å²) in [5.41, 5.74) is 0. The zero-order valence-corrected chi connectivity index (χ0v) is 26.6. The van der Waals surface area contributed by atoms with Gasteiger partial charge in [0.2, 0.25) is 0 Å². The zero-order chi connectivity index (χ0) is 48.0. The number of amides is 2. The largest absolute Gasteiger partial charge is 0.393 e. The van der Waals surface area contributed by atoms with E-state index in [4.69, 9.17) is 0 Å². The third-order valence-corrected chi connectivity index (χ3v) is 7.19. The lowest BCUT2D eigenvalue weighted by Crippen LogP contribution is -2.75. The molecule has 2 amide bonds. The highest BCUT2D eigenvalue weighted by Gasteiger charge is 2.97. The van der Waals surface area contributed by atoms with Crippen molar-refractivity contribution in [3.05, 3.63) is 0 Å². The maximum Gasteiger partial charge on any atom is 0.393 e. The van der Waals surface area contributed by atoms with E-state index < -0.39 is 119 Å². The van der Waals surface area contributed by atoms with Crippen LogP contribution in [-0.4, -0.2) is 119 Å². The Kier molecular flexibility index (Phi) is 13.8. The smallest absolute Gasteiger partial charge is 0.349 e. The standard InChI is InChI=1S/C20H6Cl2F32N2O2/c21-19(51,52)17(47,48)15(43,44)13(39,40)11(35,36)9(31,32)7(27,28)5(23,24)3(57)55-1-2-56-4(58)6(25,26)8(29,30)10(33,34)12(37,38)14(41,42)16(45,46)18(49,50)20(22,53)54/h1-2H2,(H,55,57)(H,56,58). The van der Waals surface area contributed by atoms with E-state index in [1.54, 1.807) is 0 Å². The van der Waals surface area contributed by atoms with Gasteiger partial charge in [-0.25, -0.2) is 0 Å². The molecular formula is C20H6Cl2F32N2O2. The second-order valence-corrected chi connectivity index (χ2v) is 11.5. The summed E-state index contributed by atoms with van der Waals surface area (Å²) in [4.78, 5) is 22.6. The lowest BCUT2D eigenvalue weighted by atomic mass is 9.89. The summed E-state index contributed by atoms with van der Waals surface area (Å²) in [5, 5.41) is -14.6. The minimum absolute atomic E-state index is 0.132. The van der Waals surface area contributed by atoms with Crippen LogP contribution in [0, 0.1) is 0 Å². The fourth-order valence-electron chi connectivity index (χ4n) is 3.19. The normalized spacial score (nSPS) is 16.4. The molecule has 0 aromatic carbocycles. The molecule has 0 saturated heterocycles. The Morgan fingerprint density at radius 2 is 0.414 bits per heavy atom. The molecule has 0 heterocycles. The number of hydrogen-bond acceptors (Lipinski definition) is 2. The number of carbonyl (C=O) groups excluding carboxylic acids is 2. The van der Waals surface area contributed by atoms with E-state index in [0.717, 1.165) is 0 Å². The van der Waals surface area contributed by atoms with Crippen LogP contribution >= 0.6 is 23.2 Å². The molecule has 346 valence electrons. The van der Waals surface area contributed by atoms with E-state index in [-0.39, 0.29) is 10.6 Å². The third-order valence-electron chi connectivity index (χ3n) is 6.71. The Bertz CT molecular complexity index is 1420. The minimum atomic E-state index is -9.12. The van der Waals surface area contributed by atoms with E-state index in [1.165, 1.54) is 0 Å². The number of alkyl halides is 34. The summed E-state index contributed by atoms with van der Waals surface area (Å²) < 4.78 is 430. The Morgan fingerprint density at radius 3 is 0.569 bits per heavy atom. The molecule has 4 nitrogen and oxygen atoms in total. The van der Waals surface area contributed by atoms with Crippen molar-refractivity contribution in [2.24, 2.45) is 0 Å². The first-order valence-corrected chi connectivity index (χ1v) is 13.3. The maximum absolute atomic E-state index is 13.9. The quantitative estimate of drug-likeness (QED) is 0.0770. The number of carbonyl (C=O) groups is 2. The second-order valence-electron chi connectivity index (χ2n) is 10.5. The van der Waals surface area contributed by atoms with Gasteiger partial charge in [-0.2, -0.15) is 140 Å². The van der Waals surface area contributed by atoms with Gasteiger partial charge in [-0.05, 0) is 23.2 Å². The minimum Gasteiger partial charge on any atom is -0.349 e. The van der Waals surface area contributed by atoms with Crippen molar-refractivity contribution < 1.29 is 150 Å². The van der Waals surface area contributed by atoms with Crippen LogP contribution in [0.2, 0.25) is 0 Å². The van der Waals surface area contributed by atoms with Gasteiger partial charge >= 0.3 is 93.7 Å². The third kappa shape index (κ3) is 7.19. The van der Waals surface area contributed by atoms with Crippen LogP contribution in [0.15, 0.2) is 0 Å². The molecule has 0 rings (SSSR count). The van der Waals surface area contributed by atoms with Crippen molar-refractivity contribution in [1.29, 1.82) is 0 Å². The fourth-order valence-corrected chi connectivity index (χ4v) is 3.42. The molecular weight excluding hydrogens is 979 g/mol. The summed E-state index contributed by atoms with van der Waals surface area (Å²) in [6.45, 7) is -5.27. The molecule has 0 aliphatic rings. The van der Waals surface area contributed by atoms with E-state index in [1.807, 2.05) is 0 Å². The van der Waals surface area contributed by atoms with Crippen molar-refractivity contribution in [3.63, 3.8) is 0 Å². The highest BCUT2D eigenvalue weighted by molar-refractivity contribution is 6.22. The van der Waals surface area contributed by atoms with Crippen LogP contribution in [0.5, 0.6) is 0 Å². The monoisotopic (exact) mass is 984 g/mol. The molecule has 38 heteroatoms. The van der Waals surface area contributed by atoms with Gasteiger partial charge in [0.05, 0.1) is 0 Å². The van der Waals surface area contributed by atoms with Crippen molar-refractivity contribution in [1.82, 2.24) is 10.6 Å². The Hall–Kier alpha value is -2.72. The SMILES string of the molecule is O=C(NCCNC(=O)C(F)(F)C(F)(F)C(F)(F)C(F)(F)C(F)(F)C(F)(F)C(F)(F)C(F)(F)Cl)C(F)(F)C(F)(F)C(F)(F)C(F)(F)C(F)(F)C(F)(F)C(F)(F)C(F)(F)Cl. The van der Waals surface area contributed by atoms with Crippen LogP contribution in [0.1, 0.15) is 0 Å². The molecule has 0 spiro atoms. The van der Waals surface area contributed by atoms with Crippen molar-refractivity contribution >= 4 is 35.0 Å². The first kappa shape index (κ1) is 55.3. The predicted octanol–water partition coefficient (Wildman–Crippen LogP) is 9.78. The number of rotatable bonds is 19. The van der Waals surface area contributed by atoms with Crippen LogP contribution in [0.25, 0.3) is 0 Å². The van der Waals surface area contributed by atoms with E-state index in [0.29, 0.717) is 0 Å². The number of nitrogens with one attached hydrogen (secondary N) is 2. The molecule has 0 aliphatic heterocycles. The topological polar surface area (TPSA) is 58.2 Å². The van der Waals surface area contributed by atoms with Gasteiger partial charge in [0.1, 0.15) is 0 Å². The van der Waals surface area contributed by atoms with Crippen molar-refractivity contribution in [2.75, 3.05) is 13.1 Å². The van der Waals surface area contributed by atoms with Gasteiger partial charge in [0, 0.05) is 13.1 Å². The van der Waals surface area contributed by atoms with Gasteiger partial charge in [-0.3, -0.25) is 9.59 Å². The van der Waals surface area contributed by atoms with Crippen LogP contribution < -0.4 is 10.6 Å². The Labute approximate surface area is 303 Å². The average molecular weight is 985 g/mol. The highest BCUT2D eigenvalue weighted by Crippen LogP contribution is 2.66. The van der Waals surface area contributed by atoms with E-state index in [9.17, 15) is 150 Å². The second kappa shape index (κ2) is 14.4. The Morgan fingerprint density at radius 1 is 0.276 bits per heavy atom. The van der Waals surface area contributed by atoms with Crippen molar-refractivity contribution in [3.8, 4) is 0 Å². The number of hydrogen-bond donors (Lipinski definition) is 2.